The summed E-state index contributed by atoms with van der Waals surface area (Å²) in [4.78, 5) is 8.64. The van der Waals surface area contributed by atoms with Crippen LogP contribution in [0.15, 0.2) is 18.6 Å². The van der Waals surface area contributed by atoms with Crippen molar-refractivity contribution in [3.8, 4) is 0 Å². The molecule has 3 unspecified atom stereocenters. The lowest BCUT2D eigenvalue weighted by Gasteiger charge is -2.28. The third-order valence-electron chi connectivity index (χ3n) is 3.51. The molecule has 3 heterocycles. The van der Waals surface area contributed by atoms with Crippen molar-refractivity contribution in [1.82, 2.24) is 19.6 Å². The molecule has 1 aliphatic heterocycles. The van der Waals surface area contributed by atoms with Gasteiger partial charge >= 0.3 is 0 Å². The Labute approximate surface area is 122 Å². The number of nitrogens with zero attached hydrogens (tertiary/aromatic N) is 3. The average molecular weight is 293 g/mol. The lowest BCUT2D eigenvalue weighted by Crippen LogP contribution is -2.43. The number of hydrogen-bond donors (Lipinski definition) is 2. The molecule has 6 heteroatoms. The number of hydrogen-bond acceptors (Lipinski definition) is 4. The van der Waals surface area contributed by atoms with E-state index in [1.165, 1.54) is 12.8 Å². The van der Waals surface area contributed by atoms with Gasteiger partial charge in [-0.1, -0.05) is 13.8 Å². The third kappa shape index (κ3) is 3.28. The Bertz CT molecular complexity index is 545. The summed E-state index contributed by atoms with van der Waals surface area (Å²) in [6.45, 7) is 7.22. The van der Waals surface area contributed by atoms with Crippen LogP contribution in [0.2, 0.25) is 0 Å². The van der Waals surface area contributed by atoms with Crippen LogP contribution in [0, 0.1) is 0 Å². The zero-order chi connectivity index (χ0) is 14.5. The van der Waals surface area contributed by atoms with Crippen LogP contribution in [0.5, 0.6) is 0 Å². The first-order chi connectivity index (χ1) is 9.74. The molecule has 110 valence electrons. The first-order valence-electron chi connectivity index (χ1n) is 7.31. The molecule has 0 aliphatic carbocycles. The first kappa shape index (κ1) is 15.2. The van der Waals surface area contributed by atoms with Gasteiger partial charge in [0.05, 0.1) is 5.39 Å². The molecule has 2 aromatic heterocycles. The van der Waals surface area contributed by atoms with E-state index in [4.69, 9.17) is 0 Å². The molecule has 0 spiro atoms. The molecule has 0 aromatic carbocycles. The fourth-order valence-corrected chi connectivity index (χ4v) is 2.69. The molecule has 1 aliphatic rings. The minimum Gasteiger partial charge on any atom is -0.365 e. The highest BCUT2D eigenvalue weighted by Gasteiger charge is 2.18. The molecule has 5 nitrogen and oxygen atoms in total. The van der Waals surface area contributed by atoms with Crippen molar-refractivity contribution in [1.29, 1.82) is 0 Å². The fraction of sp³-hybridized carbons (Fsp3) is 0.571. The maximum absolute atomic E-state index is 4.36. The molecule has 0 saturated carbocycles. The molecule has 2 N–H and O–H groups in total. The quantitative estimate of drug-likeness (QED) is 0.836. The minimum atomic E-state index is 0.451. The Hall–Kier alpha value is -1.19. The van der Waals surface area contributed by atoms with Gasteiger partial charge in [0.15, 0.2) is 0 Å². The number of rotatable bonds is 2. The predicted octanol–water partition coefficient (Wildman–Crippen LogP) is 2.65. The molecule has 0 bridgehead atoms. The summed E-state index contributed by atoms with van der Waals surface area (Å²) < 4.78 is 1.93. The SMILES string of the molecule is CC.CC1CCC(Nc2ncnc3c2ccn3P)CN1. The van der Waals surface area contributed by atoms with Crippen molar-refractivity contribution >= 4 is 26.2 Å². The van der Waals surface area contributed by atoms with Crippen molar-refractivity contribution in [2.45, 2.75) is 45.7 Å². The second kappa shape index (κ2) is 7.00. The summed E-state index contributed by atoms with van der Waals surface area (Å²) in [5, 5.41) is 8.09. The van der Waals surface area contributed by atoms with Gasteiger partial charge in [0.25, 0.3) is 0 Å². The molecule has 20 heavy (non-hydrogen) atoms. The van der Waals surface area contributed by atoms with Crippen LogP contribution < -0.4 is 10.6 Å². The van der Waals surface area contributed by atoms with Gasteiger partial charge in [-0.25, -0.2) is 9.97 Å². The van der Waals surface area contributed by atoms with Gasteiger partial charge in [0.2, 0.25) is 0 Å². The highest BCUT2D eigenvalue weighted by molar-refractivity contribution is 7.14. The van der Waals surface area contributed by atoms with Crippen molar-refractivity contribution in [2.75, 3.05) is 11.9 Å². The maximum Gasteiger partial charge on any atom is 0.148 e. The predicted molar refractivity (Wildman–Crippen MR) is 88.1 cm³/mol. The van der Waals surface area contributed by atoms with Crippen LogP contribution in [0.4, 0.5) is 5.82 Å². The smallest absolute Gasteiger partial charge is 0.148 e. The monoisotopic (exact) mass is 293 g/mol. The van der Waals surface area contributed by atoms with E-state index in [0.717, 1.165) is 23.4 Å². The summed E-state index contributed by atoms with van der Waals surface area (Å²) in [7, 11) is 2.63. The van der Waals surface area contributed by atoms with E-state index in [0.29, 0.717) is 12.1 Å². The van der Waals surface area contributed by atoms with Crippen molar-refractivity contribution < 1.29 is 0 Å². The van der Waals surface area contributed by atoms with Gasteiger partial charge in [-0.05, 0) is 35.2 Å². The second-order valence-corrected chi connectivity index (χ2v) is 5.47. The van der Waals surface area contributed by atoms with Gasteiger partial charge in [-0.15, -0.1) is 0 Å². The zero-order valence-corrected chi connectivity index (χ0v) is 13.6. The largest absolute Gasteiger partial charge is 0.365 e. The number of nitrogens with one attached hydrogen (secondary N) is 2. The molecule has 3 atom stereocenters. The summed E-state index contributed by atoms with van der Waals surface area (Å²) in [5.41, 5.74) is 0.939. The molecular formula is C14H24N5P. The molecule has 3 rings (SSSR count). The van der Waals surface area contributed by atoms with Crippen LogP contribution in [0.3, 0.4) is 0 Å². The topological polar surface area (TPSA) is 54.8 Å². The normalized spacial score (nSPS) is 22.2. The number of fused-ring (bicyclic) bond motifs is 1. The highest BCUT2D eigenvalue weighted by Crippen LogP contribution is 2.23. The Morgan fingerprint density at radius 1 is 1.35 bits per heavy atom. The highest BCUT2D eigenvalue weighted by atomic mass is 31.0. The Morgan fingerprint density at radius 3 is 2.85 bits per heavy atom. The zero-order valence-electron chi connectivity index (χ0n) is 12.4. The van der Waals surface area contributed by atoms with Gasteiger partial charge in [-0.3, -0.25) is 0 Å². The van der Waals surface area contributed by atoms with Crippen molar-refractivity contribution in [3.05, 3.63) is 18.6 Å². The van der Waals surface area contributed by atoms with E-state index in [1.54, 1.807) is 6.33 Å². The molecule has 1 fully saturated rings. The fourth-order valence-electron chi connectivity index (χ4n) is 2.40. The Morgan fingerprint density at radius 2 is 2.15 bits per heavy atom. The number of aromatic nitrogens is 3. The third-order valence-corrected chi connectivity index (χ3v) is 3.93. The lowest BCUT2D eigenvalue weighted by atomic mass is 10.0. The van der Waals surface area contributed by atoms with E-state index >= 15 is 0 Å². The number of anilines is 1. The van der Waals surface area contributed by atoms with Gasteiger partial charge in [-0.2, -0.15) is 0 Å². The van der Waals surface area contributed by atoms with Crippen LogP contribution in [0.1, 0.15) is 33.6 Å². The van der Waals surface area contributed by atoms with Crippen LogP contribution >= 0.6 is 9.39 Å². The van der Waals surface area contributed by atoms with Crippen LogP contribution in [-0.4, -0.2) is 32.9 Å². The van der Waals surface area contributed by atoms with Gasteiger partial charge in [0.1, 0.15) is 17.8 Å². The summed E-state index contributed by atoms with van der Waals surface area (Å²) in [6.07, 6.45) is 5.98. The maximum atomic E-state index is 4.36. The minimum absolute atomic E-state index is 0.451. The van der Waals surface area contributed by atoms with Crippen molar-refractivity contribution in [3.63, 3.8) is 0 Å². The van der Waals surface area contributed by atoms with E-state index in [1.807, 2.05) is 30.4 Å². The van der Waals surface area contributed by atoms with E-state index in [2.05, 4.69) is 36.9 Å². The molecule has 0 radical (unpaired) electrons. The van der Waals surface area contributed by atoms with E-state index in [-0.39, 0.29) is 0 Å². The average Bonchev–Trinajstić information content (AvgIpc) is 2.87. The lowest BCUT2D eigenvalue weighted by molar-refractivity contribution is 0.398. The van der Waals surface area contributed by atoms with Gasteiger partial charge < -0.3 is 15.0 Å². The van der Waals surface area contributed by atoms with E-state index in [9.17, 15) is 0 Å². The Balaban J connectivity index is 0.000000704. The summed E-state index contributed by atoms with van der Waals surface area (Å²) in [5.74, 6) is 0.933. The molecule has 2 aromatic rings. The summed E-state index contributed by atoms with van der Waals surface area (Å²) >= 11 is 0. The van der Waals surface area contributed by atoms with Crippen LogP contribution in [-0.2, 0) is 0 Å². The Kier molecular flexibility index (Phi) is 5.32. The molecule has 0 amide bonds. The number of piperidine rings is 1. The first-order valence-corrected chi connectivity index (χ1v) is 7.83. The van der Waals surface area contributed by atoms with Gasteiger partial charge in [0, 0.05) is 24.8 Å². The summed E-state index contributed by atoms with van der Waals surface area (Å²) in [6, 6.07) is 3.12. The molecule has 1 saturated heterocycles. The second-order valence-electron chi connectivity index (χ2n) is 4.91. The van der Waals surface area contributed by atoms with Crippen molar-refractivity contribution in [2.24, 2.45) is 0 Å². The van der Waals surface area contributed by atoms with Crippen LogP contribution in [0.25, 0.3) is 11.0 Å². The van der Waals surface area contributed by atoms with E-state index < -0.39 is 0 Å². The standard InChI is InChI=1S/C12H18N5P.C2H6/c1-8-2-3-9(6-13-8)16-11-10-4-5-17(18)12(10)15-7-14-11;1-2/h4-5,7-9,13H,2-3,6,18H2,1H3,(H,14,15,16);1-2H3. The molecular weight excluding hydrogens is 269 g/mol.